The molecule has 118 valence electrons. The molecule has 0 fully saturated rings. The summed E-state index contributed by atoms with van der Waals surface area (Å²) in [6.45, 7) is 2.64. The molecule has 0 atom stereocenters. The summed E-state index contributed by atoms with van der Waals surface area (Å²) in [5.74, 6) is 0.957. The zero-order chi connectivity index (χ0) is 16.2. The second kappa shape index (κ2) is 6.30. The van der Waals surface area contributed by atoms with E-state index in [-0.39, 0.29) is 11.6 Å². The lowest BCUT2D eigenvalue weighted by atomic mass is 10.1. The zero-order valence-electron chi connectivity index (χ0n) is 12.4. The van der Waals surface area contributed by atoms with Gasteiger partial charge in [-0.15, -0.1) is 0 Å². The van der Waals surface area contributed by atoms with Crippen molar-refractivity contribution in [2.24, 2.45) is 0 Å². The molecule has 0 aliphatic rings. The molecule has 8 heteroatoms. The standard InChI is InChI=1S/C15H14N4O4/c1-2-7-16-11-6-5-10(9-12(11)19(20)21)15-17-14(18-23-15)13-4-3-8-22-13/h3-6,8-9,16H,2,7H2,1H3. The van der Waals surface area contributed by atoms with Crippen molar-refractivity contribution in [1.82, 2.24) is 10.1 Å². The summed E-state index contributed by atoms with van der Waals surface area (Å²) in [5.41, 5.74) is 0.907. The van der Waals surface area contributed by atoms with Gasteiger partial charge in [-0.05, 0) is 30.7 Å². The van der Waals surface area contributed by atoms with Crippen LogP contribution in [0, 0.1) is 10.1 Å². The second-order valence-electron chi connectivity index (χ2n) is 4.82. The Kier molecular flexibility index (Phi) is 4.05. The van der Waals surface area contributed by atoms with E-state index in [1.54, 1.807) is 24.3 Å². The molecule has 23 heavy (non-hydrogen) atoms. The van der Waals surface area contributed by atoms with Gasteiger partial charge in [0.15, 0.2) is 5.76 Å². The van der Waals surface area contributed by atoms with Crippen LogP contribution in [0.5, 0.6) is 0 Å². The largest absolute Gasteiger partial charge is 0.461 e. The van der Waals surface area contributed by atoms with E-state index in [1.165, 1.54) is 12.3 Å². The molecule has 0 unspecified atom stereocenters. The van der Waals surface area contributed by atoms with Gasteiger partial charge in [0.2, 0.25) is 5.82 Å². The van der Waals surface area contributed by atoms with Crippen LogP contribution < -0.4 is 5.32 Å². The first kappa shape index (κ1) is 14.8. The summed E-state index contributed by atoms with van der Waals surface area (Å²) < 4.78 is 10.4. The molecule has 0 bridgehead atoms. The summed E-state index contributed by atoms with van der Waals surface area (Å²) in [6.07, 6.45) is 2.37. The maximum absolute atomic E-state index is 11.2. The van der Waals surface area contributed by atoms with Crippen molar-refractivity contribution in [2.45, 2.75) is 13.3 Å². The predicted octanol–water partition coefficient (Wildman–Crippen LogP) is 3.73. The van der Waals surface area contributed by atoms with Gasteiger partial charge in [-0.2, -0.15) is 4.98 Å². The van der Waals surface area contributed by atoms with E-state index in [1.807, 2.05) is 6.92 Å². The number of nitro groups is 1. The van der Waals surface area contributed by atoms with Gasteiger partial charge in [-0.25, -0.2) is 0 Å². The minimum Gasteiger partial charge on any atom is -0.461 e. The number of hydrogen-bond donors (Lipinski definition) is 1. The zero-order valence-corrected chi connectivity index (χ0v) is 12.4. The molecule has 0 saturated heterocycles. The predicted molar refractivity (Wildman–Crippen MR) is 82.9 cm³/mol. The number of nitro benzene ring substituents is 1. The molecule has 0 amide bonds. The number of anilines is 1. The van der Waals surface area contributed by atoms with Crippen LogP contribution in [0.25, 0.3) is 23.0 Å². The number of benzene rings is 1. The first-order valence-electron chi connectivity index (χ1n) is 7.09. The van der Waals surface area contributed by atoms with Crippen molar-refractivity contribution >= 4 is 11.4 Å². The molecule has 3 rings (SSSR count). The van der Waals surface area contributed by atoms with Crippen molar-refractivity contribution in [3.8, 4) is 23.0 Å². The normalized spacial score (nSPS) is 10.7. The minimum absolute atomic E-state index is 0.0336. The highest BCUT2D eigenvalue weighted by Crippen LogP contribution is 2.31. The Bertz CT molecular complexity index is 811. The molecule has 0 aliphatic heterocycles. The van der Waals surface area contributed by atoms with Gasteiger partial charge in [0.05, 0.1) is 11.2 Å². The average Bonchev–Trinajstić information content (AvgIpc) is 3.23. The monoisotopic (exact) mass is 314 g/mol. The van der Waals surface area contributed by atoms with Gasteiger partial charge < -0.3 is 14.3 Å². The van der Waals surface area contributed by atoms with Crippen molar-refractivity contribution in [3.05, 3.63) is 46.7 Å². The quantitative estimate of drug-likeness (QED) is 0.545. The first-order valence-corrected chi connectivity index (χ1v) is 7.09. The highest BCUT2D eigenvalue weighted by Gasteiger charge is 2.18. The van der Waals surface area contributed by atoms with Crippen LogP contribution in [0.15, 0.2) is 45.5 Å². The second-order valence-corrected chi connectivity index (χ2v) is 4.82. The van der Waals surface area contributed by atoms with Crippen molar-refractivity contribution < 1.29 is 13.9 Å². The summed E-state index contributed by atoms with van der Waals surface area (Å²) in [6, 6.07) is 8.17. The smallest absolute Gasteiger partial charge is 0.293 e. The lowest BCUT2D eigenvalue weighted by Gasteiger charge is -2.06. The van der Waals surface area contributed by atoms with E-state index < -0.39 is 4.92 Å². The minimum atomic E-state index is -0.439. The molecule has 1 N–H and O–H groups in total. The summed E-state index contributed by atoms with van der Waals surface area (Å²) in [4.78, 5) is 15.0. The van der Waals surface area contributed by atoms with Gasteiger partial charge in [0.1, 0.15) is 5.69 Å². The Morgan fingerprint density at radius 1 is 1.35 bits per heavy atom. The summed E-state index contributed by atoms with van der Waals surface area (Å²) in [7, 11) is 0. The molecular formula is C15H14N4O4. The number of aromatic nitrogens is 2. The summed E-state index contributed by atoms with van der Waals surface area (Å²) in [5, 5.41) is 18.1. The number of hydrogen-bond acceptors (Lipinski definition) is 7. The van der Waals surface area contributed by atoms with Crippen LogP contribution in [-0.2, 0) is 0 Å². The molecule has 0 radical (unpaired) electrons. The number of nitrogens with zero attached hydrogens (tertiary/aromatic N) is 3. The molecule has 2 aromatic heterocycles. The van der Waals surface area contributed by atoms with E-state index in [2.05, 4.69) is 15.5 Å². The van der Waals surface area contributed by atoms with Crippen LogP contribution in [0.1, 0.15) is 13.3 Å². The Labute approximate surface area is 131 Å². The van der Waals surface area contributed by atoms with E-state index in [0.29, 0.717) is 29.4 Å². The molecule has 3 aromatic rings. The molecule has 2 heterocycles. The van der Waals surface area contributed by atoms with Crippen LogP contribution >= 0.6 is 0 Å². The maximum atomic E-state index is 11.2. The summed E-state index contributed by atoms with van der Waals surface area (Å²) >= 11 is 0. The van der Waals surface area contributed by atoms with Crippen LogP contribution in [0.2, 0.25) is 0 Å². The van der Waals surface area contributed by atoms with Gasteiger partial charge >= 0.3 is 0 Å². The third-order valence-corrected chi connectivity index (χ3v) is 3.17. The topological polar surface area (TPSA) is 107 Å². The molecular weight excluding hydrogens is 300 g/mol. The van der Waals surface area contributed by atoms with E-state index >= 15 is 0 Å². The van der Waals surface area contributed by atoms with Crippen molar-refractivity contribution in [3.63, 3.8) is 0 Å². The van der Waals surface area contributed by atoms with Gasteiger partial charge in [0.25, 0.3) is 11.6 Å². The lowest BCUT2D eigenvalue weighted by molar-refractivity contribution is -0.383. The Morgan fingerprint density at radius 2 is 2.22 bits per heavy atom. The molecule has 0 saturated carbocycles. The first-order chi connectivity index (χ1) is 11.2. The Balaban J connectivity index is 1.94. The highest BCUT2D eigenvalue weighted by atomic mass is 16.6. The van der Waals surface area contributed by atoms with Gasteiger partial charge in [0, 0.05) is 18.2 Å². The van der Waals surface area contributed by atoms with Crippen molar-refractivity contribution in [1.29, 1.82) is 0 Å². The van der Waals surface area contributed by atoms with E-state index in [0.717, 1.165) is 6.42 Å². The SMILES string of the molecule is CCCNc1ccc(-c2nc(-c3ccco3)no2)cc1[N+](=O)[O-]. The fourth-order valence-electron chi connectivity index (χ4n) is 2.07. The number of rotatable bonds is 6. The third kappa shape index (κ3) is 3.05. The number of nitrogens with one attached hydrogen (secondary N) is 1. The lowest BCUT2D eigenvalue weighted by Crippen LogP contribution is -2.03. The van der Waals surface area contributed by atoms with Crippen LogP contribution in [-0.4, -0.2) is 21.6 Å². The van der Waals surface area contributed by atoms with Crippen LogP contribution in [0.4, 0.5) is 11.4 Å². The fraction of sp³-hybridized carbons (Fsp3) is 0.200. The average molecular weight is 314 g/mol. The molecule has 8 nitrogen and oxygen atoms in total. The third-order valence-electron chi connectivity index (χ3n) is 3.17. The molecule has 0 aliphatic carbocycles. The van der Waals surface area contributed by atoms with Gasteiger partial charge in [-0.3, -0.25) is 10.1 Å². The Hall–Kier alpha value is -3.16. The van der Waals surface area contributed by atoms with Crippen molar-refractivity contribution in [2.75, 3.05) is 11.9 Å². The Morgan fingerprint density at radius 3 is 2.91 bits per heavy atom. The molecule has 0 spiro atoms. The van der Waals surface area contributed by atoms with Crippen LogP contribution in [0.3, 0.4) is 0 Å². The highest BCUT2D eigenvalue weighted by molar-refractivity contribution is 5.70. The van der Waals surface area contributed by atoms with E-state index in [9.17, 15) is 10.1 Å². The molecule has 1 aromatic carbocycles. The number of furan rings is 1. The van der Waals surface area contributed by atoms with E-state index in [4.69, 9.17) is 8.94 Å². The van der Waals surface area contributed by atoms with Gasteiger partial charge in [-0.1, -0.05) is 12.1 Å². The fourth-order valence-corrected chi connectivity index (χ4v) is 2.07. The maximum Gasteiger partial charge on any atom is 0.293 e.